The molecule has 0 N–H and O–H groups in total. The summed E-state index contributed by atoms with van der Waals surface area (Å²) in [5, 5.41) is 0. The Kier molecular flexibility index (Phi) is 5.02. The minimum absolute atomic E-state index is 0.0397. The van der Waals surface area contributed by atoms with Gasteiger partial charge in [-0.3, -0.25) is 14.2 Å². The van der Waals surface area contributed by atoms with Gasteiger partial charge in [-0.2, -0.15) is 13.2 Å². The van der Waals surface area contributed by atoms with Gasteiger partial charge in [0.25, 0.3) is 5.56 Å². The van der Waals surface area contributed by atoms with Gasteiger partial charge in [0.2, 0.25) is 11.6 Å². The number of likely N-dealkylation sites (tertiary alicyclic amines) is 1. The summed E-state index contributed by atoms with van der Waals surface area (Å²) in [6, 6.07) is 6.13. The van der Waals surface area contributed by atoms with E-state index in [4.69, 9.17) is 0 Å². The van der Waals surface area contributed by atoms with Gasteiger partial charge in [0, 0.05) is 12.6 Å². The number of halogens is 3. The molecule has 1 atom stereocenters. The maximum absolute atomic E-state index is 13.2. The van der Waals surface area contributed by atoms with E-state index in [9.17, 15) is 22.8 Å². The number of hydrogen-bond donors (Lipinski definition) is 0. The predicted molar refractivity (Wildman–Crippen MR) is 90.6 cm³/mol. The van der Waals surface area contributed by atoms with Crippen LogP contribution in [0.2, 0.25) is 0 Å². The number of aromatic nitrogens is 2. The summed E-state index contributed by atoms with van der Waals surface area (Å²) in [4.78, 5) is 30.3. The van der Waals surface area contributed by atoms with E-state index in [0.717, 1.165) is 30.3 Å². The summed E-state index contributed by atoms with van der Waals surface area (Å²) >= 11 is 0. The number of para-hydroxylation sites is 2. The summed E-state index contributed by atoms with van der Waals surface area (Å²) in [6.45, 7) is 2.13. The molecule has 8 heteroatoms. The fourth-order valence-electron chi connectivity index (χ4n) is 3.51. The summed E-state index contributed by atoms with van der Waals surface area (Å²) < 4.78 is 40.5. The maximum atomic E-state index is 13.2. The molecule has 1 amide bonds. The van der Waals surface area contributed by atoms with Crippen molar-refractivity contribution in [2.75, 3.05) is 6.54 Å². The average molecular weight is 367 g/mol. The maximum Gasteiger partial charge on any atom is 0.438 e. The molecular formula is C18H20F3N3O2. The lowest BCUT2D eigenvalue weighted by atomic mass is 10.00. The Morgan fingerprint density at radius 3 is 2.69 bits per heavy atom. The van der Waals surface area contributed by atoms with E-state index in [-0.39, 0.29) is 23.0 Å². The van der Waals surface area contributed by atoms with Crippen LogP contribution in [0.3, 0.4) is 0 Å². The van der Waals surface area contributed by atoms with Crippen molar-refractivity contribution in [1.29, 1.82) is 0 Å². The van der Waals surface area contributed by atoms with Crippen LogP contribution in [0.25, 0.3) is 11.0 Å². The van der Waals surface area contributed by atoms with Crippen molar-refractivity contribution >= 4 is 16.9 Å². The molecule has 0 aliphatic carbocycles. The number of carbonyl (C=O) groups excluding carboxylic acids is 1. The fraction of sp³-hybridized carbons (Fsp3) is 0.500. The molecule has 0 bridgehead atoms. The third-order valence-electron chi connectivity index (χ3n) is 4.83. The van der Waals surface area contributed by atoms with Crippen LogP contribution in [0, 0.1) is 0 Å². The largest absolute Gasteiger partial charge is 0.438 e. The standard InChI is InChI=1S/C18H20F3N3O2/c1-2-12-7-5-6-10-23(12)15(25)11-24-14-9-4-3-8-13(14)22-16(17(24)26)18(19,20)21/h3-4,8-9,12H,2,5-7,10-11H2,1H3/t12-/m0/s1. The van der Waals surface area contributed by atoms with Gasteiger partial charge in [0.05, 0.1) is 11.0 Å². The SMILES string of the molecule is CC[C@H]1CCCCN1C(=O)Cn1c(=O)c(C(F)(F)F)nc2ccccc21. The van der Waals surface area contributed by atoms with Crippen LogP contribution in [-0.2, 0) is 17.5 Å². The first kappa shape index (κ1) is 18.4. The number of alkyl halides is 3. The number of carbonyl (C=O) groups is 1. The van der Waals surface area contributed by atoms with E-state index in [2.05, 4.69) is 4.98 Å². The van der Waals surface area contributed by atoms with Crippen LogP contribution in [0.4, 0.5) is 13.2 Å². The number of rotatable bonds is 3. The van der Waals surface area contributed by atoms with E-state index < -0.39 is 24.0 Å². The second-order valence-corrected chi connectivity index (χ2v) is 6.48. The third kappa shape index (κ3) is 3.45. The highest BCUT2D eigenvalue weighted by molar-refractivity contribution is 5.80. The molecule has 3 rings (SSSR count). The molecular weight excluding hydrogens is 347 g/mol. The molecule has 2 heterocycles. The summed E-state index contributed by atoms with van der Waals surface area (Å²) in [6.07, 6.45) is -1.32. The first-order valence-corrected chi connectivity index (χ1v) is 8.69. The average Bonchev–Trinajstić information content (AvgIpc) is 2.62. The Hall–Kier alpha value is -2.38. The van der Waals surface area contributed by atoms with Crippen LogP contribution >= 0.6 is 0 Å². The Morgan fingerprint density at radius 1 is 1.27 bits per heavy atom. The predicted octanol–water partition coefficient (Wildman–Crippen LogP) is 3.21. The number of hydrogen-bond acceptors (Lipinski definition) is 3. The zero-order chi connectivity index (χ0) is 18.9. The second kappa shape index (κ2) is 7.09. The molecule has 1 fully saturated rings. The molecule has 1 aliphatic heterocycles. The van der Waals surface area contributed by atoms with Crippen molar-refractivity contribution in [2.45, 2.75) is 51.4 Å². The molecule has 0 spiro atoms. The lowest BCUT2D eigenvalue weighted by Gasteiger charge is -2.35. The van der Waals surface area contributed by atoms with Crippen LogP contribution in [0.15, 0.2) is 29.1 Å². The second-order valence-electron chi connectivity index (χ2n) is 6.48. The molecule has 1 aromatic carbocycles. The van der Waals surface area contributed by atoms with Crippen molar-refractivity contribution < 1.29 is 18.0 Å². The van der Waals surface area contributed by atoms with Crippen LogP contribution < -0.4 is 5.56 Å². The van der Waals surface area contributed by atoms with Gasteiger partial charge in [0.15, 0.2) is 0 Å². The number of benzene rings is 1. The quantitative estimate of drug-likeness (QED) is 0.837. The third-order valence-corrected chi connectivity index (χ3v) is 4.83. The zero-order valence-corrected chi connectivity index (χ0v) is 14.4. The summed E-state index contributed by atoms with van der Waals surface area (Å²) in [5.74, 6) is -0.330. The minimum atomic E-state index is -4.87. The van der Waals surface area contributed by atoms with Crippen LogP contribution in [0.5, 0.6) is 0 Å². The van der Waals surface area contributed by atoms with Crippen molar-refractivity contribution in [3.05, 3.63) is 40.3 Å². The first-order valence-electron chi connectivity index (χ1n) is 8.69. The molecule has 0 radical (unpaired) electrons. The Labute approximate surface area is 148 Å². The summed E-state index contributed by atoms with van der Waals surface area (Å²) in [5.41, 5.74) is -2.51. The molecule has 5 nitrogen and oxygen atoms in total. The van der Waals surface area contributed by atoms with Crippen molar-refractivity contribution in [1.82, 2.24) is 14.5 Å². The highest BCUT2D eigenvalue weighted by Crippen LogP contribution is 2.26. The summed E-state index contributed by atoms with van der Waals surface area (Å²) in [7, 11) is 0. The van der Waals surface area contributed by atoms with E-state index in [1.807, 2.05) is 6.92 Å². The van der Waals surface area contributed by atoms with Gasteiger partial charge in [-0.25, -0.2) is 4.98 Å². The molecule has 1 aliphatic rings. The van der Waals surface area contributed by atoms with Crippen molar-refractivity contribution in [2.24, 2.45) is 0 Å². The van der Waals surface area contributed by atoms with E-state index in [1.54, 1.807) is 17.0 Å². The van der Waals surface area contributed by atoms with Gasteiger partial charge in [-0.1, -0.05) is 19.1 Å². The Balaban J connectivity index is 2.05. The highest BCUT2D eigenvalue weighted by Gasteiger charge is 2.38. The first-order chi connectivity index (χ1) is 12.3. The molecule has 2 aromatic rings. The van der Waals surface area contributed by atoms with Gasteiger partial charge in [0.1, 0.15) is 6.54 Å². The number of fused-ring (bicyclic) bond motifs is 1. The Bertz CT molecular complexity index is 876. The molecule has 140 valence electrons. The zero-order valence-electron chi connectivity index (χ0n) is 14.4. The number of amides is 1. The van der Waals surface area contributed by atoms with E-state index in [1.165, 1.54) is 12.1 Å². The number of nitrogens with zero attached hydrogens (tertiary/aromatic N) is 3. The normalized spacial score (nSPS) is 18.3. The van der Waals surface area contributed by atoms with Crippen LogP contribution in [0.1, 0.15) is 38.3 Å². The highest BCUT2D eigenvalue weighted by atomic mass is 19.4. The van der Waals surface area contributed by atoms with Crippen molar-refractivity contribution in [3.63, 3.8) is 0 Å². The molecule has 26 heavy (non-hydrogen) atoms. The molecule has 0 saturated carbocycles. The van der Waals surface area contributed by atoms with Crippen LogP contribution in [-0.4, -0.2) is 32.9 Å². The smallest absolute Gasteiger partial charge is 0.338 e. The van der Waals surface area contributed by atoms with E-state index in [0.29, 0.717) is 6.54 Å². The minimum Gasteiger partial charge on any atom is -0.338 e. The molecule has 1 aromatic heterocycles. The number of piperidine rings is 1. The molecule has 0 unspecified atom stereocenters. The van der Waals surface area contributed by atoms with Gasteiger partial charge in [-0.15, -0.1) is 0 Å². The van der Waals surface area contributed by atoms with Crippen molar-refractivity contribution in [3.8, 4) is 0 Å². The van der Waals surface area contributed by atoms with E-state index >= 15 is 0 Å². The molecule has 1 saturated heterocycles. The Morgan fingerprint density at radius 2 is 2.00 bits per heavy atom. The lowest BCUT2D eigenvalue weighted by Crippen LogP contribution is -2.46. The monoisotopic (exact) mass is 367 g/mol. The topological polar surface area (TPSA) is 55.2 Å². The lowest BCUT2D eigenvalue weighted by molar-refractivity contribution is -0.143. The van der Waals surface area contributed by atoms with Gasteiger partial charge in [-0.05, 0) is 37.8 Å². The van der Waals surface area contributed by atoms with Gasteiger partial charge >= 0.3 is 6.18 Å². The van der Waals surface area contributed by atoms with Gasteiger partial charge < -0.3 is 4.90 Å². The fourth-order valence-corrected chi connectivity index (χ4v) is 3.51.